The van der Waals surface area contributed by atoms with Crippen LogP contribution in [0, 0.1) is 0 Å². The average molecular weight is 283 g/mol. The highest BCUT2D eigenvalue weighted by molar-refractivity contribution is 7.07. The van der Waals surface area contributed by atoms with Crippen molar-refractivity contribution in [1.29, 1.82) is 0 Å². The molecule has 2 N–H and O–H groups in total. The summed E-state index contributed by atoms with van der Waals surface area (Å²) in [5.74, 6) is 0.161. The Morgan fingerprint density at radius 2 is 2.05 bits per heavy atom. The predicted molar refractivity (Wildman–Crippen MR) is 81.3 cm³/mol. The van der Waals surface area contributed by atoms with Crippen LogP contribution >= 0.6 is 11.3 Å². The van der Waals surface area contributed by atoms with Crippen molar-refractivity contribution in [3.8, 4) is 0 Å². The maximum Gasteiger partial charge on any atom is 0.236 e. The zero-order valence-corrected chi connectivity index (χ0v) is 13.1. The highest BCUT2D eigenvalue weighted by atomic mass is 32.1. The Kier molecular flexibility index (Phi) is 6.48. The van der Waals surface area contributed by atoms with Gasteiger partial charge in [0.2, 0.25) is 5.91 Å². The first kappa shape index (κ1) is 16.1. The predicted octanol–water partition coefficient (Wildman–Crippen LogP) is 1.94. The molecule has 4 nitrogen and oxygen atoms in total. The van der Waals surface area contributed by atoms with Gasteiger partial charge in [0.1, 0.15) is 0 Å². The molecule has 2 unspecified atom stereocenters. The number of likely N-dealkylation sites (N-methyl/N-ethyl adjacent to an activating group) is 2. The summed E-state index contributed by atoms with van der Waals surface area (Å²) in [6.07, 6.45) is 0. The van der Waals surface area contributed by atoms with Crippen LogP contribution in [-0.4, -0.2) is 48.4 Å². The lowest BCUT2D eigenvalue weighted by Crippen LogP contribution is -2.44. The Labute approximate surface area is 120 Å². The zero-order valence-electron chi connectivity index (χ0n) is 12.3. The molecule has 19 heavy (non-hydrogen) atoms. The van der Waals surface area contributed by atoms with Gasteiger partial charge in [0.05, 0.1) is 12.6 Å². The van der Waals surface area contributed by atoms with Crippen molar-refractivity contribution in [3.63, 3.8) is 0 Å². The van der Waals surface area contributed by atoms with Crippen molar-refractivity contribution in [3.05, 3.63) is 22.4 Å². The van der Waals surface area contributed by atoms with Crippen LogP contribution in [0.25, 0.3) is 0 Å². The van der Waals surface area contributed by atoms with E-state index in [1.54, 1.807) is 11.3 Å². The van der Waals surface area contributed by atoms with Crippen LogP contribution in [0.15, 0.2) is 16.8 Å². The molecular formula is C14H25N3OS. The molecule has 0 aliphatic carbocycles. The van der Waals surface area contributed by atoms with Gasteiger partial charge in [0.25, 0.3) is 0 Å². The van der Waals surface area contributed by atoms with Crippen LogP contribution in [0.2, 0.25) is 0 Å². The van der Waals surface area contributed by atoms with Crippen molar-refractivity contribution in [1.82, 2.24) is 9.80 Å². The summed E-state index contributed by atoms with van der Waals surface area (Å²) in [5, 5.41) is 4.15. The first-order chi connectivity index (χ1) is 9.01. The first-order valence-electron chi connectivity index (χ1n) is 6.76. The number of carbonyl (C=O) groups excluding carboxylic acids is 1. The smallest absolute Gasteiger partial charge is 0.236 e. The lowest BCUT2D eigenvalue weighted by atomic mass is 10.0. The molecule has 0 spiro atoms. The van der Waals surface area contributed by atoms with Gasteiger partial charge in [-0.1, -0.05) is 0 Å². The molecule has 2 atom stereocenters. The molecule has 1 heterocycles. The van der Waals surface area contributed by atoms with E-state index in [2.05, 4.69) is 11.4 Å². The molecule has 1 aromatic rings. The first-order valence-corrected chi connectivity index (χ1v) is 7.71. The largest absolute Gasteiger partial charge is 0.342 e. The van der Waals surface area contributed by atoms with Crippen molar-refractivity contribution in [2.75, 3.05) is 26.7 Å². The summed E-state index contributed by atoms with van der Waals surface area (Å²) >= 11 is 1.66. The normalized spacial score (nSPS) is 14.4. The van der Waals surface area contributed by atoms with Crippen molar-refractivity contribution in [2.45, 2.75) is 32.9 Å². The van der Waals surface area contributed by atoms with E-state index in [0.717, 1.165) is 13.1 Å². The van der Waals surface area contributed by atoms with E-state index in [0.29, 0.717) is 6.54 Å². The minimum atomic E-state index is -0.0101. The quantitative estimate of drug-likeness (QED) is 0.832. The summed E-state index contributed by atoms with van der Waals surface area (Å²) in [6, 6.07) is 2.16. The second-order valence-electron chi connectivity index (χ2n) is 4.84. The summed E-state index contributed by atoms with van der Waals surface area (Å²) in [7, 11) is 1.97. The molecule has 108 valence electrons. The Morgan fingerprint density at radius 1 is 1.42 bits per heavy atom. The minimum Gasteiger partial charge on any atom is -0.342 e. The molecule has 1 aromatic heterocycles. The van der Waals surface area contributed by atoms with Gasteiger partial charge < -0.3 is 10.6 Å². The molecule has 5 heteroatoms. The highest BCUT2D eigenvalue weighted by Gasteiger charge is 2.24. The van der Waals surface area contributed by atoms with E-state index in [1.807, 2.05) is 43.0 Å². The lowest BCUT2D eigenvalue weighted by Gasteiger charge is -2.31. The molecule has 1 rings (SSSR count). The van der Waals surface area contributed by atoms with Gasteiger partial charge >= 0.3 is 0 Å². The Morgan fingerprint density at radius 3 is 2.47 bits per heavy atom. The molecule has 0 radical (unpaired) electrons. The van der Waals surface area contributed by atoms with Crippen molar-refractivity contribution < 1.29 is 4.79 Å². The number of hydrogen-bond donors (Lipinski definition) is 1. The van der Waals surface area contributed by atoms with Crippen LogP contribution in [-0.2, 0) is 4.79 Å². The highest BCUT2D eigenvalue weighted by Crippen LogP contribution is 2.24. The number of hydrogen-bond acceptors (Lipinski definition) is 4. The van der Waals surface area contributed by atoms with Crippen LogP contribution in [0.3, 0.4) is 0 Å². The molecule has 1 amide bonds. The van der Waals surface area contributed by atoms with Gasteiger partial charge in [-0.15, -0.1) is 0 Å². The van der Waals surface area contributed by atoms with Crippen molar-refractivity contribution >= 4 is 17.2 Å². The fourth-order valence-electron chi connectivity index (χ4n) is 2.39. The van der Waals surface area contributed by atoms with Gasteiger partial charge in [0.15, 0.2) is 0 Å². The SMILES string of the molecule is CCN(CC)C(=O)CN(C)C(c1ccsc1)C(C)N. The Bertz CT molecular complexity index is 374. The van der Waals surface area contributed by atoms with Crippen LogP contribution < -0.4 is 5.73 Å². The number of nitrogens with two attached hydrogens (primary N) is 1. The topological polar surface area (TPSA) is 49.6 Å². The van der Waals surface area contributed by atoms with E-state index in [1.165, 1.54) is 5.56 Å². The van der Waals surface area contributed by atoms with Gasteiger partial charge in [-0.25, -0.2) is 0 Å². The average Bonchev–Trinajstić information content (AvgIpc) is 2.83. The van der Waals surface area contributed by atoms with Gasteiger partial charge in [-0.05, 0) is 50.2 Å². The van der Waals surface area contributed by atoms with Gasteiger partial charge in [-0.3, -0.25) is 9.69 Å². The molecule has 0 aliphatic rings. The lowest BCUT2D eigenvalue weighted by molar-refractivity contribution is -0.132. The van der Waals surface area contributed by atoms with E-state index in [4.69, 9.17) is 5.73 Å². The zero-order chi connectivity index (χ0) is 14.4. The molecule has 0 saturated carbocycles. The Balaban J connectivity index is 2.73. The number of carbonyl (C=O) groups is 1. The number of amides is 1. The fourth-order valence-corrected chi connectivity index (χ4v) is 3.08. The fraction of sp³-hybridized carbons (Fsp3) is 0.643. The maximum atomic E-state index is 12.2. The second-order valence-corrected chi connectivity index (χ2v) is 5.62. The minimum absolute atomic E-state index is 0.0101. The van der Waals surface area contributed by atoms with Crippen LogP contribution in [0.1, 0.15) is 32.4 Å². The van der Waals surface area contributed by atoms with Gasteiger partial charge in [-0.2, -0.15) is 11.3 Å². The van der Waals surface area contributed by atoms with E-state index >= 15 is 0 Å². The summed E-state index contributed by atoms with van der Waals surface area (Å²) < 4.78 is 0. The van der Waals surface area contributed by atoms with Crippen LogP contribution in [0.5, 0.6) is 0 Å². The number of rotatable bonds is 7. The van der Waals surface area contributed by atoms with E-state index in [9.17, 15) is 4.79 Å². The molecule has 0 bridgehead atoms. The number of thiophene rings is 1. The van der Waals surface area contributed by atoms with Gasteiger partial charge in [0, 0.05) is 19.1 Å². The summed E-state index contributed by atoms with van der Waals surface area (Å²) in [5.41, 5.74) is 7.27. The van der Waals surface area contributed by atoms with E-state index < -0.39 is 0 Å². The maximum absolute atomic E-state index is 12.2. The summed E-state index contributed by atoms with van der Waals surface area (Å²) in [4.78, 5) is 16.1. The standard InChI is InChI=1S/C14H25N3OS/c1-5-17(6-2)13(18)9-16(4)14(11(3)15)12-7-8-19-10-12/h7-8,10-11,14H,5-6,9,15H2,1-4H3. The molecular weight excluding hydrogens is 258 g/mol. The third-order valence-corrected chi connectivity index (χ3v) is 4.06. The van der Waals surface area contributed by atoms with E-state index in [-0.39, 0.29) is 18.0 Å². The molecule has 0 fully saturated rings. The monoisotopic (exact) mass is 283 g/mol. The third-order valence-electron chi connectivity index (χ3n) is 3.36. The molecule has 0 saturated heterocycles. The molecule has 0 aliphatic heterocycles. The summed E-state index contributed by atoms with van der Waals surface area (Å²) in [6.45, 7) is 7.91. The number of nitrogens with zero attached hydrogens (tertiary/aromatic N) is 2. The second kappa shape index (κ2) is 7.62. The third kappa shape index (κ3) is 4.30. The molecule has 0 aromatic carbocycles. The van der Waals surface area contributed by atoms with Crippen LogP contribution in [0.4, 0.5) is 0 Å². The van der Waals surface area contributed by atoms with Crippen molar-refractivity contribution in [2.24, 2.45) is 5.73 Å². The Hall–Kier alpha value is -0.910.